The summed E-state index contributed by atoms with van der Waals surface area (Å²) in [6, 6.07) is 9.46. The average molecular weight is 283 g/mol. The molecule has 2 heterocycles. The number of methoxy groups -OCH3 is 1. The highest BCUT2D eigenvalue weighted by Gasteiger charge is 2.13. The first-order valence-corrected chi connectivity index (χ1v) is 6.91. The Hall–Kier alpha value is -2.56. The molecule has 5 nitrogen and oxygen atoms in total. The number of nitrogens with one attached hydrogen (secondary N) is 2. The minimum atomic E-state index is -0.0874. The molecule has 0 radical (unpaired) electrons. The number of carbonyl (C=O) groups is 1. The molecule has 21 heavy (non-hydrogen) atoms. The minimum Gasteiger partial charge on any atom is -0.481 e. The van der Waals surface area contributed by atoms with Crippen molar-refractivity contribution >= 4 is 11.6 Å². The topological polar surface area (TPSA) is 63.2 Å². The van der Waals surface area contributed by atoms with Gasteiger partial charge in [-0.3, -0.25) is 4.79 Å². The van der Waals surface area contributed by atoms with Gasteiger partial charge in [-0.1, -0.05) is 6.07 Å². The quantitative estimate of drug-likeness (QED) is 0.900. The summed E-state index contributed by atoms with van der Waals surface area (Å²) >= 11 is 0. The number of ether oxygens (including phenoxy) is 1. The van der Waals surface area contributed by atoms with Crippen molar-refractivity contribution in [3.8, 4) is 5.88 Å². The van der Waals surface area contributed by atoms with Crippen LogP contribution < -0.4 is 15.4 Å². The molecule has 0 spiro atoms. The van der Waals surface area contributed by atoms with Crippen LogP contribution in [0, 0.1) is 0 Å². The van der Waals surface area contributed by atoms with Crippen molar-refractivity contribution in [3.05, 3.63) is 53.2 Å². The van der Waals surface area contributed by atoms with Gasteiger partial charge in [-0.2, -0.15) is 0 Å². The predicted octanol–water partition coefficient (Wildman–Crippen LogP) is 1.99. The fraction of sp³-hybridized carbons (Fsp3) is 0.250. The molecular formula is C16H17N3O2. The van der Waals surface area contributed by atoms with Gasteiger partial charge in [-0.25, -0.2) is 4.98 Å². The molecule has 0 unspecified atom stereocenters. The molecule has 3 rings (SSSR count). The van der Waals surface area contributed by atoms with Gasteiger partial charge in [0.1, 0.15) is 0 Å². The number of pyridine rings is 1. The Balaban J connectivity index is 1.69. The van der Waals surface area contributed by atoms with Gasteiger partial charge in [-0.05, 0) is 36.2 Å². The number of hydrogen-bond donors (Lipinski definition) is 2. The van der Waals surface area contributed by atoms with Crippen LogP contribution in [0.15, 0.2) is 36.5 Å². The molecule has 108 valence electrons. The summed E-state index contributed by atoms with van der Waals surface area (Å²) in [7, 11) is 1.57. The van der Waals surface area contributed by atoms with Crippen LogP contribution in [0.4, 0.5) is 5.69 Å². The molecule has 1 aromatic heterocycles. The second kappa shape index (κ2) is 5.83. The molecule has 1 aliphatic heterocycles. The summed E-state index contributed by atoms with van der Waals surface area (Å²) in [5.41, 5.74) is 3.86. The van der Waals surface area contributed by atoms with Crippen LogP contribution in [0.1, 0.15) is 21.5 Å². The molecule has 5 heteroatoms. The van der Waals surface area contributed by atoms with E-state index in [9.17, 15) is 4.79 Å². The highest BCUT2D eigenvalue weighted by atomic mass is 16.5. The number of rotatable bonds is 4. The van der Waals surface area contributed by atoms with Crippen LogP contribution in [-0.2, 0) is 13.0 Å². The van der Waals surface area contributed by atoms with E-state index in [-0.39, 0.29) is 5.91 Å². The monoisotopic (exact) mass is 283 g/mol. The lowest BCUT2D eigenvalue weighted by Gasteiger charge is -2.09. The molecule has 0 atom stereocenters. The van der Waals surface area contributed by atoms with Crippen LogP contribution in [0.25, 0.3) is 0 Å². The van der Waals surface area contributed by atoms with Gasteiger partial charge in [0.2, 0.25) is 5.88 Å². The van der Waals surface area contributed by atoms with Gasteiger partial charge < -0.3 is 15.4 Å². The summed E-state index contributed by atoms with van der Waals surface area (Å²) in [5.74, 6) is 0.451. The summed E-state index contributed by atoms with van der Waals surface area (Å²) in [5, 5.41) is 6.18. The molecular weight excluding hydrogens is 266 g/mol. The van der Waals surface area contributed by atoms with Crippen molar-refractivity contribution in [3.63, 3.8) is 0 Å². The number of carbonyl (C=O) groups excluding carboxylic acids is 1. The number of amides is 1. The van der Waals surface area contributed by atoms with Gasteiger partial charge >= 0.3 is 0 Å². The van der Waals surface area contributed by atoms with E-state index in [1.54, 1.807) is 13.3 Å². The lowest BCUT2D eigenvalue weighted by atomic mass is 10.1. The second-order valence-corrected chi connectivity index (χ2v) is 4.90. The number of anilines is 1. The van der Waals surface area contributed by atoms with Crippen molar-refractivity contribution in [1.82, 2.24) is 10.3 Å². The van der Waals surface area contributed by atoms with E-state index in [2.05, 4.69) is 15.6 Å². The predicted molar refractivity (Wildman–Crippen MR) is 80.6 cm³/mol. The first-order chi connectivity index (χ1) is 10.3. The first kappa shape index (κ1) is 13.4. The minimum absolute atomic E-state index is 0.0874. The Morgan fingerprint density at radius 2 is 2.33 bits per heavy atom. The van der Waals surface area contributed by atoms with Crippen LogP contribution in [0.5, 0.6) is 5.88 Å². The van der Waals surface area contributed by atoms with E-state index in [4.69, 9.17) is 4.74 Å². The highest BCUT2D eigenvalue weighted by molar-refractivity contribution is 5.95. The van der Waals surface area contributed by atoms with Gasteiger partial charge in [0, 0.05) is 36.1 Å². The third-order valence-corrected chi connectivity index (χ3v) is 3.56. The zero-order valence-corrected chi connectivity index (χ0v) is 11.8. The first-order valence-electron chi connectivity index (χ1n) is 6.91. The molecule has 0 bridgehead atoms. The molecule has 1 amide bonds. The molecule has 2 N–H and O–H groups in total. The van der Waals surface area contributed by atoms with Crippen molar-refractivity contribution in [2.45, 2.75) is 13.0 Å². The van der Waals surface area contributed by atoms with Crippen molar-refractivity contribution in [2.24, 2.45) is 0 Å². The smallest absolute Gasteiger partial charge is 0.251 e. The lowest BCUT2D eigenvalue weighted by Crippen LogP contribution is -2.23. The number of aromatic nitrogens is 1. The maximum atomic E-state index is 12.2. The molecule has 0 aliphatic carbocycles. The van der Waals surface area contributed by atoms with E-state index >= 15 is 0 Å². The van der Waals surface area contributed by atoms with Crippen molar-refractivity contribution in [2.75, 3.05) is 19.0 Å². The molecule has 0 saturated heterocycles. The Bertz CT molecular complexity index is 670. The van der Waals surface area contributed by atoms with Gasteiger partial charge in [-0.15, -0.1) is 0 Å². The summed E-state index contributed by atoms with van der Waals surface area (Å²) in [6.07, 6.45) is 2.63. The summed E-state index contributed by atoms with van der Waals surface area (Å²) in [6.45, 7) is 1.33. The normalized spacial score (nSPS) is 12.4. The van der Waals surface area contributed by atoms with Crippen LogP contribution in [0.2, 0.25) is 0 Å². The molecule has 1 aromatic carbocycles. The Kier molecular flexibility index (Phi) is 3.73. The lowest BCUT2D eigenvalue weighted by molar-refractivity contribution is 0.0950. The van der Waals surface area contributed by atoms with E-state index in [1.165, 1.54) is 5.56 Å². The highest BCUT2D eigenvalue weighted by Crippen LogP contribution is 2.23. The third kappa shape index (κ3) is 2.81. The number of hydrogen-bond acceptors (Lipinski definition) is 4. The molecule has 2 aromatic rings. The summed E-state index contributed by atoms with van der Waals surface area (Å²) in [4.78, 5) is 16.3. The van der Waals surface area contributed by atoms with E-state index < -0.39 is 0 Å². The van der Waals surface area contributed by atoms with Crippen molar-refractivity contribution in [1.29, 1.82) is 0 Å². The van der Waals surface area contributed by atoms with Crippen molar-refractivity contribution < 1.29 is 9.53 Å². The standard InChI is InChI=1S/C16H17N3O2/c1-21-16-13(3-2-7-18-16)10-19-15(20)12-4-5-14-11(9-12)6-8-17-14/h2-5,7,9,17H,6,8,10H2,1H3,(H,19,20). The number of benzene rings is 1. The zero-order chi connectivity index (χ0) is 14.7. The Morgan fingerprint density at radius 3 is 3.19 bits per heavy atom. The molecule has 0 fully saturated rings. The van der Waals surface area contributed by atoms with E-state index in [0.717, 1.165) is 24.2 Å². The maximum absolute atomic E-state index is 12.2. The zero-order valence-electron chi connectivity index (χ0n) is 11.8. The number of nitrogens with zero attached hydrogens (tertiary/aromatic N) is 1. The number of fused-ring (bicyclic) bond motifs is 1. The fourth-order valence-electron chi connectivity index (χ4n) is 2.47. The maximum Gasteiger partial charge on any atom is 0.251 e. The molecule has 1 aliphatic rings. The summed E-state index contributed by atoms with van der Waals surface area (Å²) < 4.78 is 5.17. The fourth-order valence-corrected chi connectivity index (χ4v) is 2.47. The Labute approximate surface area is 123 Å². The molecule has 0 saturated carbocycles. The Morgan fingerprint density at radius 1 is 1.43 bits per heavy atom. The second-order valence-electron chi connectivity index (χ2n) is 4.90. The average Bonchev–Trinajstić information content (AvgIpc) is 3.00. The van der Waals surface area contributed by atoms with Gasteiger partial charge in [0.25, 0.3) is 5.91 Å². The van der Waals surface area contributed by atoms with Gasteiger partial charge in [0.15, 0.2) is 0 Å². The van der Waals surface area contributed by atoms with Crippen LogP contribution in [0.3, 0.4) is 0 Å². The van der Waals surface area contributed by atoms with Crippen LogP contribution in [-0.4, -0.2) is 24.5 Å². The van der Waals surface area contributed by atoms with E-state index in [1.807, 2.05) is 30.3 Å². The van der Waals surface area contributed by atoms with Gasteiger partial charge in [0.05, 0.1) is 7.11 Å². The van der Waals surface area contributed by atoms with Crippen LogP contribution >= 0.6 is 0 Å². The SMILES string of the molecule is COc1ncccc1CNC(=O)c1ccc2c(c1)CCN2. The van der Waals surface area contributed by atoms with E-state index in [0.29, 0.717) is 18.0 Å². The largest absolute Gasteiger partial charge is 0.481 e. The third-order valence-electron chi connectivity index (χ3n) is 3.56.